The van der Waals surface area contributed by atoms with Gasteiger partial charge in [0.25, 0.3) is 0 Å². The Bertz CT molecular complexity index is 599. The summed E-state index contributed by atoms with van der Waals surface area (Å²) in [6, 6.07) is 10.4. The van der Waals surface area contributed by atoms with E-state index in [4.69, 9.17) is 23.2 Å². The third-order valence-corrected chi connectivity index (χ3v) is 3.81. The van der Waals surface area contributed by atoms with E-state index in [2.05, 4.69) is 5.32 Å². The first-order chi connectivity index (χ1) is 9.04. The van der Waals surface area contributed by atoms with Gasteiger partial charge in [-0.05, 0) is 37.2 Å². The Hall–Kier alpha value is -1.09. The quantitative estimate of drug-likeness (QED) is 0.862. The molecule has 0 saturated heterocycles. The van der Waals surface area contributed by atoms with Gasteiger partial charge in [0.15, 0.2) is 0 Å². The van der Waals surface area contributed by atoms with Crippen molar-refractivity contribution in [3.8, 4) is 0 Å². The van der Waals surface area contributed by atoms with Crippen molar-refractivity contribution >= 4 is 23.2 Å². The van der Waals surface area contributed by atoms with Crippen LogP contribution in [0.25, 0.3) is 0 Å². The van der Waals surface area contributed by atoms with Crippen molar-refractivity contribution in [3.05, 3.63) is 69.0 Å². The number of halogens is 3. The molecule has 2 aromatic carbocycles. The van der Waals surface area contributed by atoms with Crippen LogP contribution in [-0.4, -0.2) is 7.05 Å². The maximum atomic E-state index is 14.1. The summed E-state index contributed by atoms with van der Waals surface area (Å²) in [5, 5.41) is 3.88. The van der Waals surface area contributed by atoms with Crippen molar-refractivity contribution in [1.82, 2.24) is 5.32 Å². The van der Waals surface area contributed by atoms with E-state index >= 15 is 0 Å². The molecule has 1 unspecified atom stereocenters. The number of hydrogen-bond acceptors (Lipinski definition) is 1. The van der Waals surface area contributed by atoms with Gasteiger partial charge < -0.3 is 5.32 Å². The summed E-state index contributed by atoms with van der Waals surface area (Å²) in [6.45, 7) is 1.93. The number of benzene rings is 2. The molecule has 0 saturated carbocycles. The predicted molar refractivity (Wildman–Crippen MR) is 78.5 cm³/mol. The minimum Gasteiger partial charge on any atom is -0.309 e. The summed E-state index contributed by atoms with van der Waals surface area (Å²) in [5.41, 5.74) is 2.40. The zero-order valence-corrected chi connectivity index (χ0v) is 12.2. The van der Waals surface area contributed by atoms with Crippen molar-refractivity contribution in [2.24, 2.45) is 0 Å². The van der Waals surface area contributed by atoms with Gasteiger partial charge in [-0.25, -0.2) is 4.39 Å². The van der Waals surface area contributed by atoms with Gasteiger partial charge in [-0.1, -0.05) is 47.5 Å². The van der Waals surface area contributed by atoms with E-state index in [1.807, 2.05) is 25.1 Å². The molecular weight excluding hydrogens is 284 g/mol. The Morgan fingerprint density at radius 1 is 1.11 bits per heavy atom. The third-order valence-electron chi connectivity index (χ3n) is 3.11. The van der Waals surface area contributed by atoms with Crippen LogP contribution in [0.1, 0.15) is 22.7 Å². The normalized spacial score (nSPS) is 12.5. The largest absolute Gasteiger partial charge is 0.309 e. The molecule has 19 heavy (non-hydrogen) atoms. The van der Waals surface area contributed by atoms with Crippen molar-refractivity contribution < 1.29 is 4.39 Å². The van der Waals surface area contributed by atoms with Gasteiger partial charge in [0.2, 0.25) is 0 Å². The molecule has 2 rings (SSSR count). The molecule has 0 fully saturated rings. The molecule has 1 atom stereocenters. The van der Waals surface area contributed by atoms with Crippen LogP contribution in [0.5, 0.6) is 0 Å². The summed E-state index contributed by atoms with van der Waals surface area (Å²) >= 11 is 12.0. The highest BCUT2D eigenvalue weighted by Crippen LogP contribution is 2.30. The highest BCUT2D eigenvalue weighted by Gasteiger charge is 2.18. The second-order valence-corrected chi connectivity index (χ2v) is 5.19. The van der Waals surface area contributed by atoms with Gasteiger partial charge in [-0.2, -0.15) is 0 Å². The maximum Gasteiger partial charge on any atom is 0.146 e. The lowest BCUT2D eigenvalue weighted by molar-refractivity contribution is 0.576. The van der Waals surface area contributed by atoms with E-state index in [1.54, 1.807) is 19.2 Å². The molecule has 0 aliphatic carbocycles. The third kappa shape index (κ3) is 2.92. The van der Waals surface area contributed by atoms with Crippen LogP contribution in [0.3, 0.4) is 0 Å². The van der Waals surface area contributed by atoms with Crippen LogP contribution < -0.4 is 5.32 Å². The van der Waals surface area contributed by atoms with Crippen LogP contribution in [0.4, 0.5) is 4.39 Å². The molecule has 0 spiro atoms. The smallest absolute Gasteiger partial charge is 0.146 e. The van der Waals surface area contributed by atoms with Crippen LogP contribution in [0.2, 0.25) is 10.0 Å². The summed E-state index contributed by atoms with van der Waals surface area (Å²) in [4.78, 5) is 0. The van der Waals surface area contributed by atoms with E-state index in [1.165, 1.54) is 6.07 Å². The van der Waals surface area contributed by atoms with Crippen LogP contribution >= 0.6 is 23.2 Å². The first kappa shape index (κ1) is 14.3. The first-order valence-corrected chi connectivity index (χ1v) is 6.67. The standard InChI is InChI=1S/C15H14Cl2FN/c1-9-6-7-10(8-13(9)17)15(19-2)11-4-3-5-12(16)14(11)18/h3-8,15,19H,1-2H3. The molecule has 0 aliphatic heterocycles. The number of aryl methyl sites for hydroxylation is 1. The second kappa shape index (κ2) is 5.91. The molecule has 0 radical (unpaired) electrons. The molecule has 2 aromatic rings. The van der Waals surface area contributed by atoms with Crippen LogP contribution in [0.15, 0.2) is 36.4 Å². The molecule has 100 valence electrons. The molecule has 0 aliphatic rings. The van der Waals surface area contributed by atoms with Crippen molar-refractivity contribution in [1.29, 1.82) is 0 Å². The lowest BCUT2D eigenvalue weighted by Crippen LogP contribution is -2.19. The van der Waals surface area contributed by atoms with Crippen molar-refractivity contribution in [3.63, 3.8) is 0 Å². The number of nitrogens with one attached hydrogen (secondary N) is 1. The SMILES string of the molecule is CNC(c1ccc(C)c(Cl)c1)c1cccc(Cl)c1F. The van der Waals surface area contributed by atoms with Gasteiger partial charge in [0.05, 0.1) is 11.1 Å². The van der Waals surface area contributed by atoms with Gasteiger partial charge >= 0.3 is 0 Å². The van der Waals surface area contributed by atoms with Crippen LogP contribution in [0, 0.1) is 12.7 Å². The van der Waals surface area contributed by atoms with Crippen molar-refractivity contribution in [2.45, 2.75) is 13.0 Å². The second-order valence-electron chi connectivity index (χ2n) is 4.37. The molecule has 4 heteroatoms. The fourth-order valence-electron chi connectivity index (χ4n) is 2.03. The van der Waals surface area contributed by atoms with Gasteiger partial charge in [0, 0.05) is 10.6 Å². The van der Waals surface area contributed by atoms with E-state index in [-0.39, 0.29) is 11.1 Å². The highest BCUT2D eigenvalue weighted by atomic mass is 35.5. The average molecular weight is 298 g/mol. The highest BCUT2D eigenvalue weighted by molar-refractivity contribution is 6.31. The minimum absolute atomic E-state index is 0.121. The Balaban J connectivity index is 2.50. The predicted octanol–water partition coefficient (Wildman–Crippen LogP) is 4.75. The molecule has 1 N–H and O–H groups in total. The fraction of sp³-hybridized carbons (Fsp3) is 0.200. The average Bonchev–Trinajstić information content (AvgIpc) is 2.39. The van der Waals surface area contributed by atoms with E-state index < -0.39 is 5.82 Å². The summed E-state index contributed by atoms with van der Waals surface area (Å²) in [6.07, 6.45) is 0. The minimum atomic E-state index is -0.403. The van der Waals surface area contributed by atoms with Gasteiger partial charge in [0.1, 0.15) is 5.82 Å². The Labute approximate surface area is 122 Å². The lowest BCUT2D eigenvalue weighted by Gasteiger charge is -2.19. The van der Waals surface area contributed by atoms with Gasteiger partial charge in [-0.15, -0.1) is 0 Å². The molecule has 0 heterocycles. The van der Waals surface area contributed by atoms with E-state index in [9.17, 15) is 4.39 Å². The molecule has 0 aromatic heterocycles. The molecule has 1 nitrogen and oxygen atoms in total. The zero-order valence-electron chi connectivity index (χ0n) is 10.7. The Morgan fingerprint density at radius 2 is 1.84 bits per heavy atom. The van der Waals surface area contributed by atoms with E-state index in [0.717, 1.165) is 11.1 Å². The van der Waals surface area contributed by atoms with E-state index in [0.29, 0.717) is 10.6 Å². The first-order valence-electron chi connectivity index (χ1n) is 5.92. The molecular formula is C15H14Cl2FN. The molecule has 0 bridgehead atoms. The topological polar surface area (TPSA) is 12.0 Å². The Morgan fingerprint density at radius 3 is 2.47 bits per heavy atom. The number of hydrogen-bond donors (Lipinski definition) is 1. The zero-order chi connectivity index (χ0) is 14.0. The summed E-state index contributed by atoms with van der Waals surface area (Å²) in [5.74, 6) is -0.403. The maximum absolute atomic E-state index is 14.1. The Kier molecular flexibility index (Phi) is 4.46. The van der Waals surface area contributed by atoms with Crippen LogP contribution in [-0.2, 0) is 0 Å². The molecule has 0 amide bonds. The van der Waals surface area contributed by atoms with Gasteiger partial charge in [-0.3, -0.25) is 0 Å². The number of rotatable bonds is 3. The summed E-state index contributed by atoms with van der Waals surface area (Å²) < 4.78 is 14.1. The summed E-state index contributed by atoms with van der Waals surface area (Å²) in [7, 11) is 1.78. The lowest BCUT2D eigenvalue weighted by atomic mass is 9.97. The fourth-order valence-corrected chi connectivity index (χ4v) is 2.40. The monoisotopic (exact) mass is 297 g/mol. The van der Waals surface area contributed by atoms with Crippen molar-refractivity contribution in [2.75, 3.05) is 7.05 Å².